The third-order valence-electron chi connectivity index (χ3n) is 5.19. The Morgan fingerprint density at radius 2 is 1.55 bits per heavy atom. The first-order valence-corrected chi connectivity index (χ1v) is 9.49. The van der Waals surface area contributed by atoms with Crippen LogP contribution in [0.15, 0.2) is 66.7 Å². The van der Waals surface area contributed by atoms with Crippen molar-refractivity contribution >= 4 is 34.7 Å². The molecule has 1 aliphatic rings. The van der Waals surface area contributed by atoms with Crippen molar-refractivity contribution in [1.29, 1.82) is 0 Å². The zero-order valence-corrected chi connectivity index (χ0v) is 16.7. The molecule has 0 atom stereocenters. The van der Waals surface area contributed by atoms with E-state index in [4.69, 9.17) is 0 Å². The third kappa shape index (κ3) is 3.23. The Balaban J connectivity index is 1.98. The fourth-order valence-electron chi connectivity index (χ4n) is 3.80. The number of hydrogen-bond donors (Lipinski definition) is 1. The highest BCUT2D eigenvalue weighted by Gasteiger charge is 2.31. The Hall–Kier alpha value is -3.66. The Kier molecular flexibility index (Phi) is 4.77. The van der Waals surface area contributed by atoms with Crippen LogP contribution in [0.1, 0.15) is 32.6 Å². The predicted molar refractivity (Wildman–Crippen MR) is 118 cm³/mol. The van der Waals surface area contributed by atoms with E-state index in [-0.39, 0.29) is 5.78 Å². The third-order valence-corrected chi connectivity index (χ3v) is 5.19. The number of hydrogen-bond acceptors (Lipinski definition) is 4. The van der Waals surface area contributed by atoms with Gasteiger partial charge in [0.15, 0.2) is 5.78 Å². The molecule has 0 saturated carbocycles. The fourth-order valence-corrected chi connectivity index (χ4v) is 3.80. The van der Waals surface area contributed by atoms with Crippen molar-refractivity contribution in [1.82, 2.24) is 0 Å². The molecule has 0 amide bonds. The maximum absolute atomic E-state index is 13.5. The lowest BCUT2D eigenvalue weighted by Gasteiger charge is -2.29. The van der Waals surface area contributed by atoms with E-state index in [1.54, 1.807) is 6.08 Å². The quantitative estimate of drug-likeness (QED) is 0.399. The normalized spacial score (nSPS) is 13.6. The van der Waals surface area contributed by atoms with Crippen molar-refractivity contribution in [2.24, 2.45) is 0 Å². The van der Waals surface area contributed by atoms with E-state index in [1.807, 2.05) is 86.6 Å². The first-order chi connectivity index (χ1) is 14.0. The predicted octanol–water partition coefficient (Wildman–Crippen LogP) is 4.98. The second-order valence-electron chi connectivity index (χ2n) is 7.36. The molecule has 0 fully saturated rings. The van der Waals surface area contributed by atoms with E-state index in [0.717, 1.165) is 40.0 Å². The van der Waals surface area contributed by atoms with Gasteiger partial charge in [-0.15, -0.1) is 0 Å². The number of rotatable bonds is 4. The van der Waals surface area contributed by atoms with Gasteiger partial charge in [-0.25, -0.2) is 0 Å². The molecule has 0 saturated heterocycles. The number of aryl methyl sites for hydroxylation is 1. The van der Waals surface area contributed by atoms with E-state index in [0.29, 0.717) is 11.1 Å². The minimum absolute atomic E-state index is 0.0445. The smallest absolute Gasteiger partial charge is 0.196 e. The Morgan fingerprint density at radius 1 is 0.862 bits per heavy atom. The molecule has 0 bridgehead atoms. The summed E-state index contributed by atoms with van der Waals surface area (Å²) >= 11 is 0. The summed E-state index contributed by atoms with van der Waals surface area (Å²) in [6.07, 6.45) is 2.33. The number of benzene rings is 3. The second-order valence-corrected chi connectivity index (χ2v) is 7.36. The number of carbonyl (C=O) groups is 2. The molecule has 0 aliphatic heterocycles. The van der Waals surface area contributed by atoms with Crippen LogP contribution in [0.5, 0.6) is 0 Å². The first-order valence-electron chi connectivity index (χ1n) is 9.49. The lowest BCUT2D eigenvalue weighted by molar-refractivity contribution is -0.104. The summed E-state index contributed by atoms with van der Waals surface area (Å²) in [5.74, 6) is -0.0445. The summed E-state index contributed by atoms with van der Waals surface area (Å²) in [6.45, 7) is 2.04. The van der Waals surface area contributed by atoms with Gasteiger partial charge in [0.1, 0.15) is 6.29 Å². The van der Waals surface area contributed by atoms with Crippen molar-refractivity contribution in [3.05, 3.63) is 94.6 Å². The molecule has 0 heterocycles. The molecule has 1 N–H and O–H groups in total. The molecule has 4 heteroatoms. The zero-order valence-electron chi connectivity index (χ0n) is 16.7. The number of allylic oxidation sites excluding steroid dienone is 1. The molecule has 1 aliphatic carbocycles. The van der Waals surface area contributed by atoms with Crippen LogP contribution < -0.4 is 10.2 Å². The van der Waals surface area contributed by atoms with Gasteiger partial charge in [0.05, 0.1) is 11.3 Å². The maximum atomic E-state index is 13.5. The topological polar surface area (TPSA) is 49.4 Å². The molecular formula is C25H22N2O2. The fraction of sp³-hybridized carbons (Fsp3) is 0.120. The van der Waals surface area contributed by atoms with Crippen LogP contribution in [0.25, 0.3) is 5.57 Å². The minimum atomic E-state index is -0.0445. The van der Waals surface area contributed by atoms with E-state index in [2.05, 4.69) is 5.32 Å². The van der Waals surface area contributed by atoms with E-state index in [1.165, 1.54) is 5.56 Å². The first kappa shape index (κ1) is 18.7. The number of carbonyl (C=O) groups excluding carboxylic acids is 2. The van der Waals surface area contributed by atoms with Gasteiger partial charge in [-0.2, -0.15) is 0 Å². The molecule has 0 spiro atoms. The van der Waals surface area contributed by atoms with Gasteiger partial charge in [0.2, 0.25) is 0 Å². The Morgan fingerprint density at radius 3 is 2.21 bits per heavy atom. The van der Waals surface area contributed by atoms with Crippen molar-refractivity contribution in [2.75, 3.05) is 24.3 Å². The summed E-state index contributed by atoms with van der Waals surface area (Å²) in [5, 5.41) is 3.39. The number of fused-ring (bicyclic) bond motifs is 2. The summed E-state index contributed by atoms with van der Waals surface area (Å²) in [7, 11) is 3.87. The highest BCUT2D eigenvalue weighted by molar-refractivity contribution is 6.23. The van der Waals surface area contributed by atoms with Gasteiger partial charge >= 0.3 is 0 Å². The zero-order chi connectivity index (χ0) is 20.5. The Bertz CT molecular complexity index is 1140. The lowest BCUT2D eigenvalue weighted by atomic mass is 9.79. The minimum Gasteiger partial charge on any atom is -0.377 e. The second kappa shape index (κ2) is 7.40. The molecule has 0 aromatic heterocycles. The molecule has 0 unspecified atom stereocenters. The van der Waals surface area contributed by atoms with Gasteiger partial charge in [0, 0.05) is 36.6 Å². The van der Waals surface area contributed by atoms with E-state index in [9.17, 15) is 9.59 Å². The van der Waals surface area contributed by atoms with Gasteiger partial charge in [-0.1, -0.05) is 42.0 Å². The van der Waals surface area contributed by atoms with Gasteiger partial charge in [-0.3, -0.25) is 9.59 Å². The maximum Gasteiger partial charge on any atom is 0.196 e. The molecule has 144 valence electrons. The summed E-state index contributed by atoms with van der Waals surface area (Å²) in [4.78, 5) is 27.0. The van der Waals surface area contributed by atoms with Crippen molar-refractivity contribution < 1.29 is 9.59 Å². The largest absolute Gasteiger partial charge is 0.377 e. The van der Waals surface area contributed by atoms with Crippen molar-refractivity contribution in [3.63, 3.8) is 0 Å². The number of nitrogens with zero attached hydrogens (tertiary/aromatic N) is 1. The molecule has 0 radical (unpaired) electrons. The van der Waals surface area contributed by atoms with Crippen LogP contribution in [-0.4, -0.2) is 26.2 Å². The number of anilines is 3. The van der Waals surface area contributed by atoms with Gasteiger partial charge < -0.3 is 10.2 Å². The number of ketones is 1. The van der Waals surface area contributed by atoms with Crippen molar-refractivity contribution in [3.8, 4) is 0 Å². The number of nitrogens with one attached hydrogen (secondary N) is 1. The summed E-state index contributed by atoms with van der Waals surface area (Å²) in [5.41, 5.74) is 7.22. The van der Waals surface area contributed by atoms with Crippen LogP contribution >= 0.6 is 0 Å². The van der Waals surface area contributed by atoms with Crippen LogP contribution in [0.2, 0.25) is 0 Å². The highest BCUT2D eigenvalue weighted by Crippen LogP contribution is 2.44. The van der Waals surface area contributed by atoms with Crippen LogP contribution in [0.4, 0.5) is 17.1 Å². The SMILES string of the molecule is Cc1ccc(Nc2ccc(N(C)C)c3c2C(=O)c2ccccc2/C3=C/C=O)cc1. The molecule has 4 rings (SSSR count). The van der Waals surface area contributed by atoms with E-state index >= 15 is 0 Å². The number of aldehydes is 1. The molecule has 29 heavy (non-hydrogen) atoms. The molecule has 3 aromatic carbocycles. The van der Waals surface area contributed by atoms with Crippen LogP contribution in [0.3, 0.4) is 0 Å². The van der Waals surface area contributed by atoms with Crippen molar-refractivity contribution in [2.45, 2.75) is 6.92 Å². The van der Waals surface area contributed by atoms with Gasteiger partial charge in [-0.05, 0) is 48.4 Å². The van der Waals surface area contributed by atoms with E-state index < -0.39 is 0 Å². The lowest BCUT2D eigenvalue weighted by Crippen LogP contribution is -2.21. The summed E-state index contributed by atoms with van der Waals surface area (Å²) < 4.78 is 0. The van der Waals surface area contributed by atoms with Crippen LogP contribution in [0, 0.1) is 6.92 Å². The Labute approximate surface area is 170 Å². The molecular weight excluding hydrogens is 360 g/mol. The van der Waals surface area contributed by atoms with Crippen LogP contribution in [-0.2, 0) is 4.79 Å². The highest BCUT2D eigenvalue weighted by atomic mass is 16.1. The average molecular weight is 382 g/mol. The monoisotopic (exact) mass is 382 g/mol. The molecule has 4 nitrogen and oxygen atoms in total. The standard InChI is InChI=1S/C25H22N2O2/c1-16-8-10-17(11-9-16)26-21-12-13-22(27(2)3)23-19(14-15-28)18-6-4-5-7-20(18)25(29)24(21)23/h4-15,26H,1-3H3/b19-14-. The average Bonchev–Trinajstić information content (AvgIpc) is 2.72. The van der Waals surface area contributed by atoms with Gasteiger partial charge in [0.25, 0.3) is 0 Å². The summed E-state index contributed by atoms with van der Waals surface area (Å²) in [6, 6.07) is 19.4. The molecule has 3 aromatic rings.